The van der Waals surface area contributed by atoms with Crippen molar-refractivity contribution in [2.45, 2.75) is 18.6 Å². The number of aliphatic hydroxyl groups is 2. The number of carboxylic acid groups (broad SMARTS) is 1. The van der Waals surface area contributed by atoms with Gasteiger partial charge in [-0.25, -0.2) is 4.79 Å². The monoisotopic (exact) mass is 240 g/mol. The predicted molar refractivity (Wildman–Crippen MR) is 60.7 cm³/mol. The van der Waals surface area contributed by atoms with Gasteiger partial charge >= 0.3 is 5.97 Å². The number of aromatic nitrogens is 1. The van der Waals surface area contributed by atoms with Crippen molar-refractivity contribution in [3.8, 4) is 0 Å². The minimum absolute atomic E-state index is 0.0117. The van der Waals surface area contributed by atoms with E-state index in [0.717, 1.165) is 0 Å². The van der Waals surface area contributed by atoms with Crippen molar-refractivity contribution in [3.63, 3.8) is 0 Å². The Bertz CT molecular complexity index is 383. The third-order valence-electron chi connectivity index (χ3n) is 2.40. The highest BCUT2D eigenvalue weighted by molar-refractivity contribution is 5.87. The summed E-state index contributed by atoms with van der Waals surface area (Å²) < 4.78 is 0. The minimum atomic E-state index is -1.13. The van der Waals surface area contributed by atoms with Crippen molar-refractivity contribution in [2.24, 2.45) is 0 Å². The molecule has 1 rings (SSSR count). The van der Waals surface area contributed by atoms with E-state index in [9.17, 15) is 15.0 Å². The second-order valence-corrected chi connectivity index (χ2v) is 3.72. The molecule has 0 saturated carbocycles. The molecule has 6 nitrogen and oxygen atoms in total. The van der Waals surface area contributed by atoms with Crippen molar-refractivity contribution < 1.29 is 20.1 Å². The Hall–Kier alpha value is -1.50. The molecule has 0 spiro atoms. The second kappa shape index (κ2) is 6.29. The van der Waals surface area contributed by atoms with Gasteiger partial charge in [0, 0.05) is 18.0 Å². The third-order valence-corrected chi connectivity index (χ3v) is 2.40. The van der Waals surface area contributed by atoms with E-state index in [-0.39, 0.29) is 5.56 Å². The summed E-state index contributed by atoms with van der Waals surface area (Å²) >= 11 is 0. The largest absolute Gasteiger partial charge is 0.478 e. The molecule has 1 aromatic heterocycles. The first-order chi connectivity index (χ1) is 8.06. The smallest absolute Gasteiger partial charge is 0.337 e. The Morgan fingerprint density at radius 1 is 1.47 bits per heavy atom. The topological polar surface area (TPSA) is 103 Å². The van der Waals surface area contributed by atoms with Gasteiger partial charge in [0.05, 0.1) is 11.7 Å². The zero-order chi connectivity index (χ0) is 12.8. The van der Waals surface area contributed by atoms with Crippen LogP contribution in [0.3, 0.4) is 0 Å². The zero-order valence-corrected chi connectivity index (χ0v) is 9.50. The predicted octanol–water partition coefficient (Wildman–Crippen LogP) is -0.216. The van der Waals surface area contributed by atoms with E-state index in [1.807, 2.05) is 0 Å². The number of aromatic carboxylic acids is 1. The Balaban J connectivity index is 2.77. The molecule has 2 atom stereocenters. The number of hydrogen-bond acceptors (Lipinski definition) is 5. The lowest BCUT2D eigenvalue weighted by Gasteiger charge is -2.17. The molecule has 94 valence electrons. The summed E-state index contributed by atoms with van der Waals surface area (Å²) in [6.07, 6.45) is 0.830. The molecule has 0 aliphatic rings. The maximum atomic E-state index is 10.7. The van der Waals surface area contributed by atoms with Crippen molar-refractivity contribution in [1.82, 2.24) is 10.3 Å². The van der Waals surface area contributed by atoms with Gasteiger partial charge in [0.15, 0.2) is 0 Å². The number of nitrogens with one attached hydrogen (secondary N) is 1. The zero-order valence-electron chi connectivity index (χ0n) is 9.50. The lowest BCUT2D eigenvalue weighted by atomic mass is 10.0. The molecule has 0 saturated heterocycles. The van der Waals surface area contributed by atoms with Crippen molar-refractivity contribution in [3.05, 3.63) is 29.6 Å². The molecule has 1 aromatic rings. The summed E-state index contributed by atoms with van der Waals surface area (Å²) in [6.45, 7) is 0.560. The van der Waals surface area contributed by atoms with E-state index in [0.29, 0.717) is 18.5 Å². The first-order valence-electron chi connectivity index (χ1n) is 5.25. The van der Waals surface area contributed by atoms with Crippen LogP contribution in [0.15, 0.2) is 18.5 Å². The molecular weight excluding hydrogens is 224 g/mol. The van der Waals surface area contributed by atoms with E-state index in [1.165, 1.54) is 18.5 Å². The number of carboxylic acids is 1. The molecule has 0 bridgehead atoms. The third kappa shape index (κ3) is 3.77. The van der Waals surface area contributed by atoms with Gasteiger partial charge in [-0.2, -0.15) is 0 Å². The van der Waals surface area contributed by atoms with Gasteiger partial charge in [-0.3, -0.25) is 4.98 Å². The fourth-order valence-corrected chi connectivity index (χ4v) is 1.41. The fourth-order valence-electron chi connectivity index (χ4n) is 1.41. The van der Waals surface area contributed by atoms with Gasteiger partial charge in [0.25, 0.3) is 0 Å². The molecular formula is C11H16N2O4. The van der Waals surface area contributed by atoms with Gasteiger partial charge < -0.3 is 20.6 Å². The minimum Gasteiger partial charge on any atom is -0.478 e. The van der Waals surface area contributed by atoms with Crippen LogP contribution < -0.4 is 5.32 Å². The lowest BCUT2D eigenvalue weighted by Crippen LogP contribution is -2.23. The SMILES string of the molecule is CNCCC(O)C(O)c1cncc(C(=O)O)c1. The lowest BCUT2D eigenvalue weighted by molar-refractivity contribution is 0.0137. The number of rotatable bonds is 6. The summed E-state index contributed by atoms with van der Waals surface area (Å²) in [5.41, 5.74) is 0.288. The highest BCUT2D eigenvalue weighted by Gasteiger charge is 2.19. The first-order valence-corrected chi connectivity index (χ1v) is 5.25. The van der Waals surface area contributed by atoms with Gasteiger partial charge in [0.2, 0.25) is 0 Å². The highest BCUT2D eigenvalue weighted by Crippen LogP contribution is 2.18. The summed E-state index contributed by atoms with van der Waals surface area (Å²) in [6, 6.07) is 1.31. The van der Waals surface area contributed by atoms with Gasteiger partial charge in [-0.05, 0) is 26.1 Å². The molecule has 0 radical (unpaired) electrons. The van der Waals surface area contributed by atoms with Crippen LogP contribution in [-0.2, 0) is 0 Å². The van der Waals surface area contributed by atoms with Crippen LogP contribution in [0.1, 0.15) is 28.4 Å². The van der Waals surface area contributed by atoms with Gasteiger partial charge in [-0.15, -0.1) is 0 Å². The van der Waals surface area contributed by atoms with E-state index < -0.39 is 18.2 Å². The second-order valence-electron chi connectivity index (χ2n) is 3.72. The summed E-state index contributed by atoms with van der Waals surface area (Å²) in [4.78, 5) is 14.4. The molecule has 0 aliphatic carbocycles. The maximum absolute atomic E-state index is 10.7. The number of nitrogens with zero attached hydrogens (tertiary/aromatic N) is 1. The van der Waals surface area contributed by atoms with Crippen LogP contribution in [0.4, 0.5) is 0 Å². The molecule has 2 unspecified atom stereocenters. The van der Waals surface area contributed by atoms with E-state index in [1.54, 1.807) is 7.05 Å². The average molecular weight is 240 g/mol. The molecule has 1 heterocycles. The fraction of sp³-hybridized carbons (Fsp3) is 0.455. The Kier molecular flexibility index (Phi) is 5.02. The number of aliphatic hydroxyl groups excluding tert-OH is 2. The van der Waals surface area contributed by atoms with Crippen LogP contribution >= 0.6 is 0 Å². The summed E-state index contributed by atoms with van der Waals surface area (Å²) in [5, 5.41) is 31.1. The van der Waals surface area contributed by atoms with Crippen LogP contribution in [0.2, 0.25) is 0 Å². The van der Waals surface area contributed by atoms with Crippen LogP contribution in [0.25, 0.3) is 0 Å². The van der Waals surface area contributed by atoms with Crippen molar-refractivity contribution in [2.75, 3.05) is 13.6 Å². The number of pyridine rings is 1. The first kappa shape index (κ1) is 13.6. The normalized spacial score (nSPS) is 14.3. The van der Waals surface area contributed by atoms with Gasteiger partial charge in [0.1, 0.15) is 6.10 Å². The Labute approximate surface area is 98.9 Å². The maximum Gasteiger partial charge on any atom is 0.337 e. The molecule has 6 heteroatoms. The van der Waals surface area contributed by atoms with Crippen molar-refractivity contribution in [1.29, 1.82) is 0 Å². The highest BCUT2D eigenvalue weighted by atomic mass is 16.4. The van der Waals surface area contributed by atoms with Gasteiger partial charge in [-0.1, -0.05) is 0 Å². The van der Waals surface area contributed by atoms with E-state index in [4.69, 9.17) is 5.11 Å². The van der Waals surface area contributed by atoms with E-state index in [2.05, 4.69) is 10.3 Å². The Morgan fingerprint density at radius 3 is 2.76 bits per heavy atom. The number of carbonyl (C=O) groups is 1. The molecule has 0 aliphatic heterocycles. The molecule has 0 aromatic carbocycles. The molecule has 0 amide bonds. The quantitative estimate of drug-likeness (QED) is 0.548. The average Bonchev–Trinajstić information content (AvgIpc) is 2.35. The van der Waals surface area contributed by atoms with Crippen LogP contribution in [0, 0.1) is 0 Å². The summed E-state index contributed by atoms with van der Waals surface area (Å²) in [5.74, 6) is -1.11. The molecule has 17 heavy (non-hydrogen) atoms. The summed E-state index contributed by atoms with van der Waals surface area (Å²) in [7, 11) is 1.74. The Morgan fingerprint density at radius 2 is 2.18 bits per heavy atom. The van der Waals surface area contributed by atoms with Crippen LogP contribution in [-0.4, -0.2) is 46.0 Å². The van der Waals surface area contributed by atoms with E-state index >= 15 is 0 Å². The standard InChI is InChI=1S/C11H16N2O4/c1-12-3-2-9(14)10(15)7-4-8(11(16)17)6-13-5-7/h4-6,9-10,12,14-15H,2-3H2,1H3,(H,16,17). The van der Waals surface area contributed by atoms with Crippen LogP contribution in [0.5, 0.6) is 0 Å². The number of hydrogen-bond donors (Lipinski definition) is 4. The molecule has 4 N–H and O–H groups in total. The van der Waals surface area contributed by atoms with Crippen molar-refractivity contribution >= 4 is 5.97 Å². The molecule has 0 fully saturated rings.